The number of carbonyl (C=O) groups excluding carboxylic acids is 2. The van der Waals surface area contributed by atoms with Gasteiger partial charge in [0.2, 0.25) is 5.91 Å². The van der Waals surface area contributed by atoms with Gasteiger partial charge in [-0.3, -0.25) is 14.4 Å². The second kappa shape index (κ2) is 7.71. The summed E-state index contributed by atoms with van der Waals surface area (Å²) in [6.45, 7) is 1.67. The van der Waals surface area contributed by atoms with E-state index < -0.39 is 5.97 Å². The highest BCUT2D eigenvalue weighted by Crippen LogP contribution is 2.34. The van der Waals surface area contributed by atoms with Crippen molar-refractivity contribution >= 4 is 17.7 Å². The minimum atomic E-state index is -1.06. The molecule has 1 aliphatic carbocycles. The van der Waals surface area contributed by atoms with Gasteiger partial charge in [-0.25, -0.2) is 0 Å². The van der Waals surface area contributed by atoms with Crippen LogP contribution in [0.4, 0.5) is 0 Å². The highest BCUT2D eigenvalue weighted by atomic mass is 16.4. The Morgan fingerprint density at radius 2 is 2.16 bits per heavy atom. The number of carboxylic acid groups (broad SMARTS) is 1. The SMILES string of the molecule is CC/C=C/C[C@H]1C(=O)CC[C@@H]1CC(=O)NCC(=O)O. The molecule has 1 aliphatic rings. The molecule has 1 fully saturated rings. The predicted octanol–water partition coefficient (Wildman–Crippen LogP) is 1.53. The van der Waals surface area contributed by atoms with E-state index in [-0.39, 0.29) is 36.5 Å². The molecule has 0 bridgehead atoms. The highest BCUT2D eigenvalue weighted by Gasteiger charge is 2.34. The summed E-state index contributed by atoms with van der Waals surface area (Å²) in [4.78, 5) is 33.7. The molecule has 0 radical (unpaired) electrons. The van der Waals surface area contributed by atoms with E-state index in [9.17, 15) is 14.4 Å². The van der Waals surface area contributed by atoms with Gasteiger partial charge in [0.05, 0.1) is 0 Å². The maximum atomic E-state index is 11.8. The van der Waals surface area contributed by atoms with Crippen molar-refractivity contribution in [1.82, 2.24) is 5.32 Å². The summed E-state index contributed by atoms with van der Waals surface area (Å²) in [6, 6.07) is 0. The molecule has 0 aromatic rings. The van der Waals surface area contributed by atoms with Crippen LogP contribution >= 0.6 is 0 Å². The zero-order chi connectivity index (χ0) is 14.3. The molecule has 1 rings (SSSR count). The van der Waals surface area contributed by atoms with Gasteiger partial charge in [-0.2, -0.15) is 0 Å². The maximum Gasteiger partial charge on any atom is 0.322 e. The predicted molar refractivity (Wildman–Crippen MR) is 70.5 cm³/mol. The molecule has 2 N–H and O–H groups in total. The second-order valence-electron chi connectivity index (χ2n) is 4.86. The number of rotatable bonds is 7. The Hall–Kier alpha value is -1.65. The van der Waals surface area contributed by atoms with Crippen molar-refractivity contribution < 1.29 is 19.5 Å². The van der Waals surface area contributed by atoms with Gasteiger partial charge in [0, 0.05) is 18.8 Å². The van der Waals surface area contributed by atoms with Crippen molar-refractivity contribution in [3.05, 3.63) is 12.2 Å². The Balaban J connectivity index is 2.46. The topological polar surface area (TPSA) is 83.5 Å². The molecule has 1 saturated carbocycles. The fourth-order valence-electron chi connectivity index (χ4n) is 2.44. The summed E-state index contributed by atoms with van der Waals surface area (Å²) < 4.78 is 0. The monoisotopic (exact) mass is 267 g/mol. The fraction of sp³-hybridized carbons (Fsp3) is 0.643. The Bertz CT molecular complexity index is 376. The highest BCUT2D eigenvalue weighted by molar-refractivity contribution is 5.86. The van der Waals surface area contributed by atoms with E-state index in [1.54, 1.807) is 0 Å². The number of carbonyl (C=O) groups is 3. The molecule has 0 aromatic heterocycles. The largest absolute Gasteiger partial charge is 0.480 e. The maximum absolute atomic E-state index is 11.8. The van der Waals surface area contributed by atoms with Crippen molar-refractivity contribution in [2.45, 2.75) is 39.0 Å². The first-order valence-corrected chi connectivity index (χ1v) is 6.70. The van der Waals surface area contributed by atoms with Gasteiger partial charge >= 0.3 is 5.97 Å². The fourth-order valence-corrected chi connectivity index (χ4v) is 2.44. The molecule has 5 heteroatoms. The number of aliphatic carboxylic acids is 1. The van der Waals surface area contributed by atoms with Crippen LogP contribution in [-0.4, -0.2) is 29.3 Å². The van der Waals surface area contributed by atoms with Crippen LogP contribution in [-0.2, 0) is 14.4 Å². The van der Waals surface area contributed by atoms with Gasteiger partial charge in [0.25, 0.3) is 0 Å². The van der Waals surface area contributed by atoms with Crippen LogP contribution in [0, 0.1) is 11.8 Å². The number of nitrogens with one attached hydrogen (secondary N) is 1. The van der Waals surface area contributed by atoms with E-state index in [4.69, 9.17) is 5.11 Å². The van der Waals surface area contributed by atoms with Crippen LogP contribution in [0.15, 0.2) is 12.2 Å². The Labute approximate surface area is 113 Å². The quantitative estimate of drug-likeness (QED) is 0.685. The van der Waals surface area contributed by atoms with Crippen LogP contribution in [0.3, 0.4) is 0 Å². The number of ketones is 1. The Kier molecular flexibility index (Phi) is 6.25. The average molecular weight is 267 g/mol. The van der Waals surface area contributed by atoms with E-state index in [2.05, 4.69) is 5.32 Å². The molecule has 0 aromatic carbocycles. The first-order valence-electron chi connectivity index (χ1n) is 6.70. The molecule has 106 valence electrons. The molecule has 0 unspecified atom stereocenters. The minimum absolute atomic E-state index is 0.0443. The van der Waals surface area contributed by atoms with E-state index in [1.807, 2.05) is 19.1 Å². The van der Waals surface area contributed by atoms with E-state index in [0.29, 0.717) is 12.8 Å². The van der Waals surface area contributed by atoms with Crippen LogP contribution in [0.25, 0.3) is 0 Å². The standard InChI is InChI=1S/C14H21NO4/c1-2-3-4-5-11-10(6-7-12(11)16)8-13(17)15-9-14(18)19/h3-4,10-11H,2,5-9H2,1H3,(H,15,17)(H,18,19)/b4-3+/t10-,11-/m1/s1. The van der Waals surface area contributed by atoms with E-state index >= 15 is 0 Å². The second-order valence-corrected chi connectivity index (χ2v) is 4.86. The molecule has 2 atom stereocenters. The van der Waals surface area contributed by atoms with Crippen molar-refractivity contribution in [3.63, 3.8) is 0 Å². The first-order chi connectivity index (χ1) is 9.04. The molecule has 0 saturated heterocycles. The summed E-state index contributed by atoms with van der Waals surface area (Å²) in [5.74, 6) is -1.16. The van der Waals surface area contributed by atoms with Gasteiger partial charge in [-0.15, -0.1) is 0 Å². The molecule has 1 amide bonds. The molecule has 0 heterocycles. The number of hydrogen-bond acceptors (Lipinski definition) is 3. The number of Topliss-reactive ketones (excluding diaryl/α,β-unsaturated/α-hetero) is 1. The molecular weight excluding hydrogens is 246 g/mol. The Morgan fingerprint density at radius 3 is 2.79 bits per heavy atom. The van der Waals surface area contributed by atoms with Gasteiger partial charge in [0.1, 0.15) is 12.3 Å². The number of amides is 1. The third-order valence-corrected chi connectivity index (χ3v) is 3.42. The summed E-state index contributed by atoms with van der Waals surface area (Å²) in [5.41, 5.74) is 0. The van der Waals surface area contributed by atoms with Crippen molar-refractivity contribution in [2.75, 3.05) is 6.54 Å². The van der Waals surface area contributed by atoms with Crippen LogP contribution in [0.5, 0.6) is 0 Å². The summed E-state index contributed by atoms with van der Waals surface area (Å²) in [5, 5.41) is 10.8. The van der Waals surface area contributed by atoms with Crippen molar-refractivity contribution in [1.29, 1.82) is 0 Å². The molecular formula is C14H21NO4. The third kappa shape index (κ3) is 5.24. The van der Waals surface area contributed by atoms with Gasteiger partial charge in [0.15, 0.2) is 0 Å². The van der Waals surface area contributed by atoms with Gasteiger partial charge in [-0.1, -0.05) is 19.1 Å². The lowest BCUT2D eigenvalue weighted by Gasteiger charge is -2.16. The first kappa shape index (κ1) is 15.4. The van der Waals surface area contributed by atoms with Crippen molar-refractivity contribution in [3.8, 4) is 0 Å². The van der Waals surface area contributed by atoms with E-state index in [0.717, 1.165) is 12.8 Å². The zero-order valence-corrected chi connectivity index (χ0v) is 11.2. The third-order valence-electron chi connectivity index (χ3n) is 3.42. The van der Waals surface area contributed by atoms with Crippen LogP contribution in [0.2, 0.25) is 0 Å². The zero-order valence-electron chi connectivity index (χ0n) is 11.2. The molecule has 0 aliphatic heterocycles. The molecule has 0 spiro atoms. The van der Waals surface area contributed by atoms with Crippen LogP contribution in [0.1, 0.15) is 39.0 Å². The number of hydrogen-bond donors (Lipinski definition) is 2. The lowest BCUT2D eigenvalue weighted by Crippen LogP contribution is -2.31. The van der Waals surface area contributed by atoms with E-state index in [1.165, 1.54) is 0 Å². The van der Waals surface area contributed by atoms with Gasteiger partial charge < -0.3 is 10.4 Å². The van der Waals surface area contributed by atoms with Gasteiger partial charge in [-0.05, 0) is 25.2 Å². The lowest BCUT2D eigenvalue weighted by molar-refractivity contribution is -0.138. The molecule has 19 heavy (non-hydrogen) atoms. The number of allylic oxidation sites excluding steroid dienone is 2. The van der Waals surface area contributed by atoms with Crippen LogP contribution < -0.4 is 5.32 Å². The smallest absolute Gasteiger partial charge is 0.322 e. The minimum Gasteiger partial charge on any atom is -0.480 e. The summed E-state index contributed by atoms with van der Waals surface area (Å²) in [6.07, 6.45) is 7.13. The number of carboxylic acids is 1. The average Bonchev–Trinajstić information content (AvgIpc) is 2.69. The summed E-state index contributed by atoms with van der Waals surface area (Å²) in [7, 11) is 0. The lowest BCUT2D eigenvalue weighted by atomic mass is 9.89. The van der Waals surface area contributed by atoms with Crippen molar-refractivity contribution in [2.24, 2.45) is 11.8 Å². The Morgan fingerprint density at radius 1 is 1.42 bits per heavy atom. The summed E-state index contributed by atoms with van der Waals surface area (Å²) >= 11 is 0. The molecule has 5 nitrogen and oxygen atoms in total. The normalized spacial score (nSPS) is 22.9.